The first-order valence-electron chi connectivity index (χ1n) is 13.4. The summed E-state index contributed by atoms with van der Waals surface area (Å²) in [6.45, 7) is 7.10. The maximum Gasteiger partial charge on any atom is 0.320 e. The molecule has 1 unspecified atom stereocenters. The van der Waals surface area contributed by atoms with Crippen molar-refractivity contribution in [2.45, 2.75) is 88.1 Å². The molecule has 0 saturated carbocycles. The number of carbonyl (C=O) groups is 1. The summed E-state index contributed by atoms with van der Waals surface area (Å²) in [4.78, 5) is 15.1. The van der Waals surface area contributed by atoms with Gasteiger partial charge in [0.05, 0.1) is 16.3 Å². The zero-order valence-electron chi connectivity index (χ0n) is 22.6. The number of fused-ring (bicyclic) bond motifs is 1. The number of nitrogens with one attached hydrogen (secondary N) is 1. The molecule has 204 valence electrons. The van der Waals surface area contributed by atoms with Gasteiger partial charge in [0.15, 0.2) is 9.84 Å². The first-order valence-corrected chi connectivity index (χ1v) is 16.3. The lowest BCUT2D eigenvalue weighted by Gasteiger charge is -2.37. The highest BCUT2D eigenvalue weighted by molar-refractivity contribution is 7.98. The predicted octanol–water partition coefficient (Wildman–Crippen LogP) is 6.65. The van der Waals surface area contributed by atoms with E-state index in [1.807, 2.05) is 37.4 Å². The van der Waals surface area contributed by atoms with Crippen molar-refractivity contribution >= 4 is 38.9 Å². The molecule has 0 spiro atoms. The minimum atomic E-state index is -3.59. The van der Waals surface area contributed by atoms with E-state index in [1.54, 1.807) is 17.8 Å². The third kappa shape index (κ3) is 7.09. The van der Waals surface area contributed by atoms with Gasteiger partial charge in [0.2, 0.25) is 0 Å². The molecule has 8 heteroatoms. The second-order valence-corrected chi connectivity index (χ2v) is 13.0. The van der Waals surface area contributed by atoms with Gasteiger partial charge >= 0.3 is 5.97 Å². The maximum absolute atomic E-state index is 14.1. The molecule has 2 N–H and O–H groups in total. The zero-order chi connectivity index (χ0) is 27.1. The molecule has 6 nitrogen and oxygen atoms in total. The van der Waals surface area contributed by atoms with Crippen LogP contribution in [0.3, 0.4) is 0 Å². The summed E-state index contributed by atoms with van der Waals surface area (Å²) >= 11 is 1.56. The fourth-order valence-electron chi connectivity index (χ4n) is 5.34. The molecule has 37 heavy (non-hydrogen) atoms. The number of hydrogen-bond acceptors (Lipinski definition) is 6. The number of unbranched alkanes of at least 4 members (excludes halogenated alkanes) is 2. The van der Waals surface area contributed by atoms with E-state index in [0.717, 1.165) is 60.4 Å². The smallest absolute Gasteiger partial charge is 0.320 e. The minimum absolute atomic E-state index is 0.133. The lowest BCUT2D eigenvalue weighted by molar-refractivity contribution is -0.139. The van der Waals surface area contributed by atoms with Gasteiger partial charge in [-0.3, -0.25) is 4.79 Å². The number of hydrogen-bond donors (Lipinski definition) is 2. The van der Waals surface area contributed by atoms with Gasteiger partial charge in [-0.2, -0.15) is 0 Å². The van der Waals surface area contributed by atoms with Crippen molar-refractivity contribution in [1.29, 1.82) is 0 Å². The SMILES string of the molecule is CCCCC1(CCCC)CN(c2ccccc2)c2cc(SC)c(CNC(CC)C(=O)O)cc2S(=O)(=O)C1. The third-order valence-electron chi connectivity index (χ3n) is 7.41. The zero-order valence-corrected chi connectivity index (χ0v) is 24.3. The van der Waals surface area contributed by atoms with E-state index in [0.29, 0.717) is 24.4 Å². The monoisotopic (exact) mass is 546 g/mol. The van der Waals surface area contributed by atoms with Gasteiger partial charge in [0.25, 0.3) is 0 Å². The number of carboxylic acids is 1. The van der Waals surface area contributed by atoms with Crippen LogP contribution in [0, 0.1) is 5.41 Å². The van der Waals surface area contributed by atoms with Crippen molar-refractivity contribution in [3.8, 4) is 0 Å². The lowest BCUT2D eigenvalue weighted by Crippen LogP contribution is -2.38. The van der Waals surface area contributed by atoms with Crippen LogP contribution in [0.15, 0.2) is 52.3 Å². The van der Waals surface area contributed by atoms with Gasteiger partial charge in [-0.15, -0.1) is 11.8 Å². The Morgan fingerprint density at radius 3 is 2.30 bits per heavy atom. The van der Waals surface area contributed by atoms with Crippen LogP contribution >= 0.6 is 11.8 Å². The molecule has 0 amide bonds. The quantitative estimate of drug-likeness (QED) is 0.272. The van der Waals surface area contributed by atoms with Crippen molar-refractivity contribution in [3.63, 3.8) is 0 Å². The molecule has 3 rings (SSSR count). The summed E-state index contributed by atoms with van der Waals surface area (Å²) in [6.07, 6.45) is 8.23. The summed E-state index contributed by atoms with van der Waals surface area (Å²) in [5.74, 6) is -0.767. The lowest BCUT2D eigenvalue weighted by atomic mass is 9.79. The second kappa shape index (κ2) is 13.2. The molecule has 1 aliphatic rings. The Labute approximate surface area is 227 Å². The molecule has 0 aliphatic carbocycles. The van der Waals surface area contributed by atoms with Crippen LogP contribution in [0.5, 0.6) is 0 Å². The Kier molecular flexibility index (Phi) is 10.5. The molecule has 0 bridgehead atoms. The normalized spacial score (nSPS) is 17.1. The molecule has 1 atom stereocenters. The van der Waals surface area contributed by atoms with Crippen LogP contribution in [0.25, 0.3) is 0 Å². The fraction of sp³-hybridized carbons (Fsp3) is 0.552. The summed E-state index contributed by atoms with van der Waals surface area (Å²) in [6, 6.07) is 13.2. The molecule has 0 saturated heterocycles. The molecule has 1 heterocycles. The average Bonchev–Trinajstić information content (AvgIpc) is 2.98. The maximum atomic E-state index is 14.1. The van der Waals surface area contributed by atoms with Crippen LogP contribution < -0.4 is 10.2 Å². The highest BCUT2D eigenvalue weighted by Crippen LogP contribution is 2.46. The standard InChI is InChI=1S/C29H42N2O4S2/c1-5-8-15-29(16-9-6-2)20-31(23-13-11-10-12-14-23)25-18-26(36-4)22(17-27(25)37(34,35)21-29)19-30-24(7-3)28(32)33/h10-14,17-18,24,30H,5-9,15-16,19-21H2,1-4H3,(H,32,33). The van der Waals surface area contributed by atoms with Gasteiger partial charge in [-0.1, -0.05) is 64.7 Å². The predicted molar refractivity (Wildman–Crippen MR) is 154 cm³/mol. The van der Waals surface area contributed by atoms with Crippen LogP contribution in [0.2, 0.25) is 0 Å². The van der Waals surface area contributed by atoms with Gasteiger partial charge in [0, 0.05) is 29.1 Å². The number of benzene rings is 2. The molecular formula is C29H42N2O4S2. The Balaban J connectivity index is 2.18. The summed E-state index contributed by atoms with van der Waals surface area (Å²) in [5.41, 5.74) is 2.19. The van der Waals surface area contributed by atoms with E-state index in [9.17, 15) is 18.3 Å². The number of nitrogens with zero attached hydrogens (tertiary/aromatic N) is 1. The van der Waals surface area contributed by atoms with Crippen molar-refractivity contribution in [3.05, 3.63) is 48.0 Å². The Bertz CT molecular complexity index is 1140. The fourth-order valence-corrected chi connectivity index (χ4v) is 8.11. The third-order valence-corrected chi connectivity index (χ3v) is 10.2. The number of sulfone groups is 1. The van der Waals surface area contributed by atoms with Crippen molar-refractivity contribution in [1.82, 2.24) is 5.32 Å². The highest BCUT2D eigenvalue weighted by Gasteiger charge is 2.42. The van der Waals surface area contributed by atoms with Gasteiger partial charge in [-0.25, -0.2) is 8.42 Å². The number of aliphatic carboxylic acids is 1. The van der Waals surface area contributed by atoms with Crippen molar-refractivity contribution in [2.24, 2.45) is 5.41 Å². The van der Waals surface area contributed by atoms with Crippen molar-refractivity contribution in [2.75, 3.05) is 23.5 Å². The van der Waals surface area contributed by atoms with Crippen LogP contribution in [0.1, 0.15) is 71.3 Å². The molecule has 2 aromatic rings. The van der Waals surface area contributed by atoms with Crippen LogP contribution in [0.4, 0.5) is 11.4 Å². The highest BCUT2D eigenvalue weighted by atomic mass is 32.2. The van der Waals surface area contributed by atoms with Gasteiger partial charge < -0.3 is 15.3 Å². The molecule has 0 fully saturated rings. The van der Waals surface area contributed by atoms with E-state index in [1.165, 1.54) is 0 Å². The first-order chi connectivity index (χ1) is 17.7. The Hall–Kier alpha value is -2.03. The van der Waals surface area contributed by atoms with Gasteiger partial charge in [-0.05, 0) is 55.3 Å². The number of para-hydroxylation sites is 1. The van der Waals surface area contributed by atoms with Gasteiger partial charge in [0.1, 0.15) is 6.04 Å². The molecule has 2 aromatic carbocycles. The summed E-state index contributed by atoms with van der Waals surface area (Å²) in [5, 5.41) is 12.6. The van der Waals surface area contributed by atoms with E-state index in [2.05, 4.69) is 36.2 Å². The first kappa shape index (κ1) is 29.5. The largest absolute Gasteiger partial charge is 0.480 e. The molecule has 0 aromatic heterocycles. The van der Waals surface area contributed by atoms with Crippen LogP contribution in [-0.2, 0) is 21.2 Å². The molecule has 0 radical (unpaired) electrons. The van der Waals surface area contributed by atoms with E-state index >= 15 is 0 Å². The second-order valence-electron chi connectivity index (χ2n) is 10.2. The molecular weight excluding hydrogens is 504 g/mol. The van der Waals surface area contributed by atoms with Crippen molar-refractivity contribution < 1.29 is 18.3 Å². The minimum Gasteiger partial charge on any atom is -0.480 e. The number of rotatable bonds is 13. The Morgan fingerprint density at radius 1 is 1.11 bits per heavy atom. The van der Waals surface area contributed by atoms with E-state index < -0.39 is 21.8 Å². The topological polar surface area (TPSA) is 86.7 Å². The number of anilines is 2. The van der Waals surface area contributed by atoms with E-state index in [4.69, 9.17) is 0 Å². The summed E-state index contributed by atoms with van der Waals surface area (Å²) in [7, 11) is -3.59. The summed E-state index contributed by atoms with van der Waals surface area (Å²) < 4.78 is 28.2. The number of carboxylic acid groups (broad SMARTS) is 1. The van der Waals surface area contributed by atoms with E-state index in [-0.39, 0.29) is 11.2 Å². The Morgan fingerprint density at radius 2 is 1.76 bits per heavy atom. The number of thioether (sulfide) groups is 1. The van der Waals surface area contributed by atoms with Crippen LogP contribution in [-0.4, -0.2) is 44.1 Å². The molecule has 1 aliphatic heterocycles. The average molecular weight is 547 g/mol.